The zero-order valence-electron chi connectivity index (χ0n) is 14.0. The number of nitro benzene ring substituents is 1. The van der Waals surface area contributed by atoms with Crippen molar-refractivity contribution in [3.8, 4) is 0 Å². The van der Waals surface area contributed by atoms with Gasteiger partial charge in [-0.1, -0.05) is 17.7 Å². The highest BCUT2D eigenvalue weighted by Gasteiger charge is 2.18. The molecule has 26 heavy (non-hydrogen) atoms. The van der Waals surface area contributed by atoms with Gasteiger partial charge in [0.05, 0.1) is 22.2 Å². The van der Waals surface area contributed by atoms with Gasteiger partial charge in [0, 0.05) is 18.2 Å². The van der Waals surface area contributed by atoms with Crippen LogP contribution in [0.3, 0.4) is 0 Å². The van der Waals surface area contributed by atoms with Gasteiger partial charge < -0.3 is 5.32 Å². The smallest absolute Gasteiger partial charge is 0.271 e. The Morgan fingerprint density at radius 3 is 2.54 bits per heavy atom. The van der Waals surface area contributed by atoms with Crippen molar-refractivity contribution in [1.29, 1.82) is 0 Å². The summed E-state index contributed by atoms with van der Waals surface area (Å²) in [7, 11) is 1.66. The Kier molecular flexibility index (Phi) is 6.23. The predicted octanol–water partition coefficient (Wildman–Crippen LogP) is 4.16. The average molecular weight is 384 g/mol. The van der Waals surface area contributed by atoms with Gasteiger partial charge in [0.25, 0.3) is 5.69 Å². The molecule has 0 radical (unpaired) electrons. The molecule has 2 aromatic rings. The number of amides is 1. The number of carbonyl (C=O) groups excluding carboxylic acids is 1. The van der Waals surface area contributed by atoms with Crippen molar-refractivity contribution in [1.82, 2.24) is 4.90 Å². The van der Waals surface area contributed by atoms with Crippen LogP contribution < -0.4 is 5.32 Å². The first-order valence-electron chi connectivity index (χ1n) is 7.58. The fourth-order valence-electron chi connectivity index (χ4n) is 2.30. The van der Waals surface area contributed by atoms with Crippen molar-refractivity contribution in [3.63, 3.8) is 0 Å². The summed E-state index contributed by atoms with van der Waals surface area (Å²) in [5.41, 5.74) is 0.584. The lowest BCUT2D eigenvalue weighted by Gasteiger charge is -2.24. The summed E-state index contributed by atoms with van der Waals surface area (Å²) < 4.78 is 26.4. The molecule has 1 N–H and O–H groups in total. The molecule has 138 valence electrons. The summed E-state index contributed by atoms with van der Waals surface area (Å²) in [6.45, 7) is 1.70. The first kappa shape index (κ1) is 19.7. The Morgan fingerprint density at radius 1 is 1.27 bits per heavy atom. The number of likely N-dealkylation sites (N-methyl/N-ethyl adjacent to an activating group) is 1. The molecule has 0 aliphatic rings. The Hall–Kier alpha value is -2.58. The minimum atomic E-state index is -0.954. The average Bonchev–Trinajstić information content (AvgIpc) is 2.58. The number of carbonyl (C=O) groups is 1. The van der Waals surface area contributed by atoms with Crippen molar-refractivity contribution < 1.29 is 18.5 Å². The molecule has 0 bridgehead atoms. The maximum absolute atomic E-state index is 13.4. The topological polar surface area (TPSA) is 75.5 Å². The van der Waals surface area contributed by atoms with E-state index in [1.165, 1.54) is 18.2 Å². The molecule has 0 fully saturated rings. The number of hydrogen-bond acceptors (Lipinski definition) is 4. The molecule has 0 saturated carbocycles. The molecule has 9 heteroatoms. The van der Waals surface area contributed by atoms with E-state index in [1.807, 2.05) is 0 Å². The highest BCUT2D eigenvalue weighted by Crippen LogP contribution is 2.27. The molecule has 6 nitrogen and oxygen atoms in total. The first-order valence-corrected chi connectivity index (χ1v) is 7.96. The molecule has 1 amide bonds. The lowest BCUT2D eigenvalue weighted by atomic mass is 10.1. The van der Waals surface area contributed by atoms with E-state index in [4.69, 9.17) is 11.6 Å². The summed E-state index contributed by atoms with van der Waals surface area (Å²) in [4.78, 5) is 23.9. The zero-order valence-corrected chi connectivity index (χ0v) is 14.8. The minimum Gasteiger partial charge on any atom is -0.324 e. The van der Waals surface area contributed by atoms with Crippen LogP contribution in [0.4, 0.5) is 20.2 Å². The van der Waals surface area contributed by atoms with Crippen molar-refractivity contribution in [2.45, 2.75) is 13.0 Å². The second kappa shape index (κ2) is 8.20. The van der Waals surface area contributed by atoms with Gasteiger partial charge in [-0.25, -0.2) is 8.78 Å². The Bertz CT molecular complexity index is 848. The molecule has 0 aromatic heterocycles. The van der Waals surface area contributed by atoms with Gasteiger partial charge in [-0.05, 0) is 37.7 Å². The van der Waals surface area contributed by atoms with Crippen LogP contribution in [0.15, 0.2) is 36.4 Å². The summed E-state index contributed by atoms with van der Waals surface area (Å²) >= 11 is 5.93. The fraction of sp³-hybridized carbons (Fsp3) is 0.235. The van der Waals surface area contributed by atoms with Crippen molar-refractivity contribution >= 4 is 28.9 Å². The second-order valence-corrected chi connectivity index (χ2v) is 6.14. The Morgan fingerprint density at radius 2 is 1.96 bits per heavy atom. The van der Waals surface area contributed by atoms with Gasteiger partial charge in [0.2, 0.25) is 5.91 Å². The maximum atomic E-state index is 13.4. The molecule has 1 atom stereocenters. The van der Waals surface area contributed by atoms with E-state index in [9.17, 15) is 23.7 Å². The summed E-state index contributed by atoms with van der Waals surface area (Å²) in [5.74, 6) is -2.29. The van der Waals surface area contributed by atoms with Crippen LogP contribution in [-0.2, 0) is 4.79 Å². The molecule has 0 aliphatic heterocycles. The minimum absolute atomic E-state index is 0.0452. The van der Waals surface area contributed by atoms with E-state index in [2.05, 4.69) is 5.32 Å². The van der Waals surface area contributed by atoms with Gasteiger partial charge in [-0.3, -0.25) is 19.8 Å². The number of nitro groups is 1. The van der Waals surface area contributed by atoms with E-state index < -0.39 is 22.5 Å². The number of rotatable bonds is 6. The van der Waals surface area contributed by atoms with Gasteiger partial charge >= 0.3 is 0 Å². The molecule has 2 rings (SSSR count). The number of hydrogen-bond donors (Lipinski definition) is 1. The predicted molar refractivity (Wildman–Crippen MR) is 94.1 cm³/mol. The van der Waals surface area contributed by atoms with Crippen LogP contribution in [0.2, 0.25) is 5.02 Å². The lowest BCUT2D eigenvalue weighted by Crippen LogP contribution is -2.32. The monoisotopic (exact) mass is 383 g/mol. The SMILES string of the molecule is C[C@H](c1ccc(F)c(F)c1)N(C)CC(=O)Nc1ccc([N+](=O)[O-])cc1Cl. The molecular formula is C17H16ClF2N3O3. The number of halogens is 3. The lowest BCUT2D eigenvalue weighted by molar-refractivity contribution is -0.384. The highest BCUT2D eigenvalue weighted by molar-refractivity contribution is 6.34. The van der Waals surface area contributed by atoms with Crippen molar-refractivity contribution in [2.75, 3.05) is 18.9 Å². The van der Waals surface area contributed by atoms with Gasteiger partial charge in [-0.15, -0.1) is 0 Å². The molecular weight excluding hydrogens is 368 g/mol. The Labute approximate surface area is 153 Å². The van der Waals surface area contributed by atoms with Crippen LogP contribution >= 0.6 is 11.6 Å². The van der Waals surface area contributed by atoms with Crippen LogP contribution in [0.1, 0.15) is 18.5 Å². The van der Waals surface area contributed by atoms with Gasteiger partial charge in [0.15, 0.2) is 11.6 Å². The quantitative estimate of drug-likeness (QED) is 0.600. The number of non-ortho nitro benzene ring substituents is 1. The molecule has 0 heterocycles. The normalized spacial score (nSPS) is 12.1. The van der Waals surface area contributed by atoms with E-state index in [1.54, 1.807) is 18.9 Å². The standard InChI is InChI=1S/C17H16ClF2N3O3/c1-10(11-3-5-14(19)15(20)7-11)22(2)9-17(24)21-16-6-4-12(23(25)26)8-13(16)18/h3-8,10H,9H2,1-2H3,(H,21,24)/t10-/m1/s1. The number of nitrogens with zero attached hydrogens (tertiary/aromatic N) is 2. The van der Waals surface area contributed by atoms with E-state index >= 15 is 0 Å². The second-order valence-electron chi connectivity index (χ2n) is 5.73. The van der Waals surface area contributed by atoms with Gasteiger partial charge in [-0.2, -0.15) is 0 Å². The highest BCUT2D eigenvalue weighted by atomic mass is 35.5. The molecule has 2 aromatic carbocycles. The van der Waals surface area contributed by atoms with Crippen LogP contribution in [0.25, 0.3) is 0 Å². The first-order chi connectivity index (χ1) is 12.2. The van der Waals surface area contributed by atoms with E-state index in [-0.39, 0.29) is 29.0 Å². The molecule has 0 saturated heterocycles. The number of benzene rings is 2. The van der Waals surface area contributed by atoms with Crippen LogP contribution in [-0.4, -0.2) is 29.3 Å². The summed E-state index contributed by atoms with van der Waals surface area (Å²) in [5, 5.41) is 13.3. The van der Waals surface area contributed by atoms with Crippen molar-refractivity contribution in [3.05, 3.63) is 68.7 Å². The fourth-order valence-corrected chi connectivity index (χ4v) is 2.52. The van der Waals surface area contributed by atoms with Crippen LogP contribution in [0, 0.1) is 21.7 Å². The third kappa shape index (κ3) is 4.74. The molecule has 0 unspecified atom stereocenters. The maximum Gasteiger partial charge on any atom is 0.271 e. The summed E-state index contributed by atoms with van der Waals surface area (Å²) in [6, 6.07) is 6.94. The van der Waals surface area contributed by atoms with Crippen LogP contribution in [0.5, 0.6) is 0 Å². The third-order valence-electron chi connectivity index (χ3n) is 3.92. The van der Waals surface area contributed by atoms with Gasteiger partial charge in [0.1, 0.15) is 0 Å². The Balaban J connectivity index is 2.02. The summed E-state index contributed by atoms with van der Waals surface area (Å²) in [6.07, 6.45) is 0. The molecule has 0 aliphatic carbocycles. The van der Waals surface area contributed by atoms with E-state index in [0.29, 0.717) is 5.56 Å². The number of anilines is 1. The third-order valence-corrected chi connectivity index (χ3v) is 4.23. The molecule has 0 spiro atoms. The van der Waals surface area contributed by atoms with Crippen molar-refractivity contribution in [2.24, 2.45) is 0 Å². The largest absolute Gasteiger partial charge is 0.324 e. The zero-order chi connectivity index (χ0) is 19.4. The van der Waals surface area contributed by atoms with E-state index in [0.717, 1.165) is 18.2 Å². The number of nitrogens with one attached hydrogen (secondary N) is 1.